The molecule has 0 saturated heterocycles. The quantitative estimate of drug-likeness (QED) is 0.702. The fraction of sp³-hybridized carbons (Fsp3) is 0.588. The first-order chi connectivity index (χ1) is 12.1. The molecule has 26 heavy (non-hydrogen) atoms. The summed E-state index contributed by atoms with van der Waals surface area (Å²) in [5, 5.41) is 10.1. The summed E-state index contributed by atoms with van der Waals surface area (Å²) in [6.07, 6.45) is 2.20. The van der Waals surface area contributed by atoms with E-state index in [0.29, 0.717) is 13.0 Å². The van der Waals surface area contributed by atoms with E-state index in [4.69, 9.17) is 19.3 Å². The fourth-order valence-corrected chi connectivity index (χ4v) is 2.09. The Morgan fingerprint density at radius 2 is 2.00 bits per heavy atom. The Kier molecular flexibility index (Phi) is 6.17. The van der Waals surface area contributed by atoms with E-state index in [9.17, 15) is 9.90 Å². The topological polar surface area (TPSA) is 128 Å². The lowest BCUT2D eigenvalue weighted by molar-refractivity contribution is 0.00628. The minimum Gasteiger partial charge on any atom is -0.455 e. The second-order valence-corrected chi connectivity index (χ2v) is 7.30. The van der Waals surface area contributed by atoms with E-state index in [1.165, 1.54) is 12.5 Å². The number of carbonyl (C=O) groups is 1. The van der Waals surface area contributed by atoms with Crippen LogP contribution in [0.2, 0.25) is 0 Å². The number of esters is 1. The molecule has 9 heteroatoms. The molecule has 0 radical (unpaired) electrons. The molecule has 0 amide bonds. The predicted molar refractivity (Wildman–Crippen MR) is 93.3 cm³/mol. The Bertz CT molecular complexity index is 732. The molecule has 2 atom stereocenters. The Morgan fingerprint density at radius 1 is 1.31 bits per heavy atom. The molecule has 2 aromatic heterocycles. The molecule has 2 heterocycles. The van der Waals surface area contributed by atoms with Crippen molar-refractivity contribution in [1.29, 1.82) is 0 Å². The normalized spacial score (nSPS) is 14.5. The van der Waals surface area contributed by atoms with E-state index in [1.54, 1.807) is 20.8 Å². The molecule has 0 saturated carbocycles. The molecule has 0 aromatic carbocycles. The number of oxazole rings is 2. The molecule has 0 aliphatic rings. The summed E-state index contributed by atoms with van der Waals surface area (Å²) in [5.74, 6) is -0.314. The van der Waals surface area contributed by atoms with Crippen molar-refractivity contribution in [3.8, 4) is 11.6 Å². The van der Waals surface area contributed by atoms with Gasteiger partial charge >= 0.3 is 5.97 Å². The molecule has 0 bridgehead atoms. The van der Waals surface area contributed by atoms with Gasteiger partial charge in [-0.15, -0.1) is 0 Å². The van der Waals surface area contributed by atoms with Gasteiger partial charge in [-0.1, -0.05) is 0 Å². The van der Waals surface area contributed by atoms with Gasteiger partial charge in [-0.25, -0.2) is 14.8 Å². The zero-order valence-corrected chi connectivity index (χ0v) is 15.7. The van der Waals surface area contributed by atoms with Gasteiger partial charge in [0.1, 0.15) is 24.2 Å². The number of hydrogen-bond donors (Lipinski definition) is 2. The van der Waals surface area contributed by atoms with Crippen molar-refractivity contribution in [2.45, 2.75) is 44.9 Å². The van der Waals surface area contributed by atoms with Crippen LogP contribution in [-0.4, -0.2) is 58.3 Å². The van der Waals surface area contributed by atoms with Crippen molar-refractivity contribution in [2.24, 2.45) is 5.73 Å². The van der Waals surface area contributed by atoms with Gasteiger partial charge in [0, 0.05) is 6.54 Å². The van der Waals surface area contributed by atoms with Gasteiger partial charge in [-0.3, -0.25) is 0 Å². The third kappa shape index (κ3) is 5.38. The first-order valence-electron chi connectivity index (χ1n) is 8.30. The number of hydrogen-bond acceptors (Lipinski definition) is 9. The molecular formula is C17H26N4O5. The van der Waals surface area contributed by atoms with Gasteiger partial charge in [0.25, 0.3) is 0 Å². The average molecular weight is 366 g/mol. The van der Waals surface area contributed by atoms with Gasteiger partial charge in [0.05, 0.1) is 6.10 Å². The van der Waals surface area contributed by atoms with Crippen molar-refractivity contribution in [3.05, 3.63) is 24.1 Å². The zero-order chi connectivity index (χ0) is 19.5. The van der Waals surface area contributed by atoms with Crippen LogP contribution >= 0.6 is 0 Å². The summed E-state index contributed by atoms with van der Waals surface area (Å²) in [6.45, 7) is 5.97. The average Bonchev–Trinajstić information content (AvgIpc) is 3.18. The van der Waals surface area contributed by atoms with Gasteiger partial charge in [0.2, 0.25) is 11.8 Å². The van der Waals surface area contributed by atoms with E-state index >= 15 is 0 Å². The minimum absolute atomic E-state index is 0.0368. The summed E-state index contributed by atoms with van der Waals surface area (Å²) in [5.41, 5.74) is 5.68. The largest absolute Gasteiger partial charge is 0.455 e. The number of aliphatic hydroxyl groups excluding tert-OH is 1. The van der Waals surface area contributed by atoms with E-state index in [-0.39, 0.29) is 23.2 Å². The Hall–Kier alpha value is -2.23. The van der Waals surface area contributed by atoms with Crippen molar-refractivity contribution in [1.82, 2.24) is 14.9 Å². The minimum atomic E-state index is -0.800. The third-order valence-corrected chi connectivity index (χ3v) is 3.43. The molecule has 2 aromatic rings. The molecule has 2 rings (SSSR count). The molecule has 0 aliphatic heterocycles. The van der Waals surface area contributed by atoms with Crippen LogP contribution in [0.3, 0.4) is 0 Å². The summed E-state index contributed by atoms with van der Waals surface area (Å²) >= 11 is 0. The summed E-state index contributed by atoms with van der Waals surface area (Å²) in [4.78, 5) is 22.2. The standard InChI is InChI=1S/C17H26N4O5/c1-17(2,3)26-16(23)11-9-24-14(20-11)10-8-25-15(19-10)13(18)12(22)6-7-21(4)5/h8-9,12-13,22H,6-7,18H2,1-5H3. The van der Waals surface area contributed by atoms with Gasteiger partial charge in [-0.2, -0.15) is 0 Å². The summed E-state index contributed by atoms with van der Waals surface area (Å²) < 4.78 is 15.8. The molecule has 2 unspecified atom stereocenters. The number of carbonyl (C=O) groups excluding carboxylic acids is 1. The highest BCUT2D eigenvalue weighted by Gasteiger charge is 2.25. The number of aliphatic hydroxyl groups is 1. The van der Waals surface area contributed by atoms with E-state index in [1.807, 2.05) is 19.0 Å². The highest BCUT2D eigenvalue weighted by atomic mass is 16.6. The van der Waals surface area contributed by atoms with Crippen LogP contribution in [0.5, 0.6) is 0 Å². The van der Waals surface area contributed by atoms with Crippen LogP contribution in [0.1, 0.15) is 49.6 Å². The monoisotopic (exact) mass is 366 g/mol. The molecule has 9 nitrogen and oxygen atoms in total. The van der Waals surface area contributed by atoms with Crippen LogP contribution in [0.25, 0.3) is 11.6 Å². The van der Waals surface area contributed by atoms with Crippen molar-refractivity contribution >= 4 is 5.97 Å². The predicted octanol–water partition coefficient (Wildman–Crippen LogP) is 1.60. The molecule has 0 spiro atoms. The van der Waals surface area contributed by atoms with Crippen LogP contribution in [0.15, 0.2) is 21.4 Å². The van der Waals surface area contributed by atoms with Crippen LogP contribution < -0.4 is 5.73 Å². The molecule has 0 fully saturated rings. The van der Waals surface area contributed by atoms with Crippen LogP contribution in [0, 0.1) is 0 Å². The lowest BCUT2D eigenvalue weighted by Crippen LogP contribution is -2.29. The van der Waals surface area contributed by atoms with E-state index in [2.05, 4.69) is 9.97 Å². The lowest BCUT2D eigenvalue weighted by atomic mass is 10.1. The Balaban J connectivity index is 2.07. The maximum absolute atomic E-state index is 12.0. The van der Waals surface area contributed by atoms with E-state index in [0.717, 1.165) is 0 Å². The zero-order valence-electron chi connectivity index (χ0n) is 15.7. The highest BCUT2D eigenvalue weighted by Crippen LogP contribution is 2.23. The number of rotatable bonds is 7. The maximum atomic E-state index is 12.0. The molecule has 0 aliphatic carbocycles. The van der Waals surface area contributed by atoms with Gasteiger partial charge in [0.15, 0.2) is 11.4 Å². The second kappa shape index (κ2) is 7.98. The first-order valence-corrected chi connectivity index (χ1v) is 8.30. The van der Waals surface area contributed by atoms with Gasteiger partial charge < -0.3 is 29.3 Å². The van der Waals surface area contributed by atoms with Crippen LogP contribution in [-0.2, 0) is 4.74 Å². The number of ether oxygens (including phenoxy) is 1. The Morgan fingerprint density at radius 3 is 2.62 bits per heavy atom. The van der Waals surface area contributed by atoms with Crippen molar-refractivity contribution in [3.63, 3.8) is 0 Å². The number of nitrogens with two attached hydrogens (primary N) is 1. The SMILES string of the molecule is CN(C)CCC(O)C(N)c1nc(-c2nc(C(=O)OC(C)(C)C)co2)co1. The molecular weight excluding hydrogens is 340 g/mol. The third-order valence-electron chi connectivity index (χ3n) is 3.43. The highest BCUT2D eigenvalue weighted by molar-refractivity contribution is 5.87. The first kappa shape index (κ1) is 20.1. The molecule has 144 valence electrons. The molecule has 3 N–H and O–H groups in total. The smallest absolute Gasteiger partial charge is 0.360 e. The van der Waals surface area contributed by atoms with Crippen molar-refractivity contribution < 1.29 is 23.5 Å². The second-order valence-electron chi connectivity index (χ2n) is 7.30. The summed E-state index contributed by atoms with van der Waals surface area (Å²) in [7, 11) is 3.82. The van der Waals surface area contributed by atoms with Crippen molar-refractivity contribution in [2.75, 3.05) is 20.6 Å². The van der Waals surface area contributed by atoms with Crippen LogP contribution in [0.4, 0.5) is 0 Å². The number of aromatic nitrogens is 2. The number of nitrogens with zero attached hydrogens (tertiary/aromatic N) is 3. The van der Waals surface area contributed by atoms with E-state index < -0.39 is 23.7 Å². The van der Waals surface area contributed by atoms with Gasteiger partial charge in [-0.05, 0) is 41.3 Å². The lowest BCUT2D eigenvalue weighted by Gasteiger charge is -2.18. The Labute approximate surface area is 152 Å². The maximum Gasteiger partial charge on any atom is 0.360 e. The summed E-state index contributed by atoms with van der Waals surface area (Å²) in [6, 6.07) is -0.774. The fourth-order valence-electron chi connectivity index (χ4n) is 2.09.